The van der Waals surface area contributed by atoms with Crippen molar-refractivity contribution in [3.05, 3.63) is 95.9 Å². The molecule has 3 nitrogen and oxygen atoms in total. The molecule has 1 aromatic heterocycles. The van der Waals surface area contributed by atoms with E-state index < -0.39 is 0 Å². The van der Waals surface area contributed by atoms with Crippen LogP contribution in [0.4, 0.5) is 4.39 Å². The van der Waals surface area contributed by atoms with Crippen molar-refractivity contribution in [2.45, 2.75) is 38.7 Å². The van der Waals surface area contributed by atoms with E-state index in [0.717, 1.165) is 29.4 Å². The standard InChI is InChI=1S/C27H27FN2O/c1-27(2,26(31)19-8-9-19)25(18-6-4-3-5-7-18)20-10-15-24-21(16-20)17-29-30(24)23-13-11-22(28)12-14-23/h3-7,10-17,19,25-26,31H,8-9H2,1-2H3. The van der Waals surface area contributed by atoms with Gasteiger partial charge in [-0.1, -0.05) is 50.2 Å². The Morgan fingerprint density at radius 1 is 0.968 bits per heavy atom. The van der Waals surface area contributed by atoms with Gasteiger partial charge >= 0.3 is 0 Å². The van der Waals surface area contributed by atoms with Crippen molar-refractivity contribution in [3.63, 3.8) is 0 Å². The van der Waals surface area contributed by atoms with Crippen LogP contribution >= 0.6 is 0 Å². The Kier molecular flexibility index (Phi) is 4.90. The highest BCUT2D eigenvalue weighted by Crippen LogP contribution is 2.50. The molecule has 0 spiro atoms. The molecule has 1 aliphatic rings. The number of hydrogen-bond donors (Lipinski definition) is 1. The van der Waals surface area contributed by atoms with Crippen LogP contribution in [0.15, 0.2) is 79.0 Å². The van der Waals surface area contributed by atoms with E-state index in [1.54, 1.807) is 12.1 Å². The van der Waals surface area contributed by atoms with E-state index in [1.165, 1.54) is 23.3 Å². The van der Waals surface area contributed by atoms with Crippen molar-refractivity contribution in [2.24, 2.45) is 11.3 Å². The Balaban J connectivity index is 1.59. The van der Waals surface area contributed by atoms with Gasteiger partial charge in [0.2, 0.25) is 0 Å². The van der Waals surface area contributed by atoms with Gasteiger partial charge in [0.05, 0.1) is 23.5 Å². The molecule has 1 saturated carbocycles. The van der Waals surface area contributed by atoms with Gasteiger partial charge in [-0.3, -0.25) is 0 Å². The molecule has 1 N–H and O–H groups in total. The zero-order chi connectivity index (χ0) is 21.6. The molecule has 0 bridgehead atoms. The van der Waals surface area contributed by atoms with Crippen molar-refractivity contribution in [1.29, 1.82) is 0 Å². The Morgan fingerprint density at radius 3 is 2.35 bits per heavy atom. The van der Waals surface area contributed by atoms with Crippen LogP contribution in [0, 0.1) is 17.2 Å². The second-order valence-electron chi connectivity index (χ2n) is 9.30. The van der Waals surface area contributed by atoms with E-state index in [2.05, 4.69) is 61.4 Å². The van der Waals surface area contributed by atoms with E-state index in [0.29, 0.717) is 5.92 Å². The summed E-state index contributed by atoms with van der Waals surface area (Å²) in [6.45, 7) is 4.36. The van der Waals surface area contributed by atoms with E-state index in [1.807, 2.05) is 16.9 Å². The van der Waals surface area contributed by atoms with Gasteiger partial charge in [-0.05, 0) is 66.3 Å². The van der Waals surface area contributed by atoms with Gasteiger partial charge in [0.1, 0.15) is 5.82 Å². The van der Waals surface area contributed by atoms with E-state index in [9.17, 15) is 9.50 Å². The molecule has 4 aromatic rings. The van der Waals surface area contributed by atoms with Crippen LogP contribution in [-0.4, -0.2) is 21.0 Å². The molecular weight excluding hydrogens is 387 g/mol. The molecule has 0 radical (unpaired) electrons. The summed E-state index contributed by atoms with van der Waals surface area (Å²) < 4.78 is 15.2. The Bertz CT molecular complexity index is 1190. The second-order valence-corrected chi connectivity index (χ2v) is 9.30. The fourth-order valence-corrected chi connectivity index (χ4v) is 4.91. The van der Waals surface area contributed by atoms with Gasteiger partial charge in [-0.2, -0.15) is 5.10 Å². The number of hydrogen-bond acceptors (Lipinski definition) is 2. The lowest BCUT2D eigenvalue weighted by Gasteiger charge is -2.39. The molecule has 5 rings (SSSR count). The first-order chi connectivity index (χ1) is 14.9. The van der Waals surface area contributed by atoms with Crippen molar-refractivity contribution in [1.82, 2.24) is 9.78 Å². The molecule has 158 valence electrons. The predicted octanol–water partition coefficient (Wildman–Crippen LogP) is 6.09. The normalized spacial score (nSPS) is 16.4. The van der Waals surface area contributed by atoms with Crippen molar-refractivity contribution in [3.8, 4) is 5.69 Å². The fraction of sp³-hybridized carbons (Fsp3) is 0.296. The van der Waals surface area contributed by atoms with Crippen LogP contribution in [0.2, 0.25) is 0 Å². The first kappa shape index (κ1) is 20.0. The molecule has 0 amide bonds. The Hall–Kier alpha value is -2.98. The molecule has 31 heavy (non-hydrogen) atoms. The second kappa shape index (κ2) is 7.61. The lowest BCUT2D eigenvalue weighted by Crippen LogP contribution is -2.37. The smallest absolute Gasteiger partial charge is 0.123 e. The molecular formula is C27H27FN2O. The van der Waals surface area contributed by atoms with Crippen LogP contribution in [0.5, 0.6) is 0 Å². The molecule has 2 unspecified atom stereocenters. The van der Waals surface area contributed by atoms with Gasteiger partial charge in [0.25, 0.3) is 0 Å². The fourth-order valence-electron chi connectivity index (χ4n) is 4.91. The van der Waals surface area contributed by atoms with E-state index in [-0.39, 0.29) is 23.3 Å². The van der Waals surface area contributed by atoms with Crippen molar-refractivity contribution >= 4 is 10.9 Å². The first-order valence-electron chi connectivity index (χ1n) is 10.9. The zero-order valence-corrected chi connectivity index (χ0v) is 17.9. The number of rotatable bonds is 6. The maximum absolute atomic E-state index is 13.3. The Labute approximate surface area is 182 Å². The molecule has 0 saturated heterocycles. The highest BCUT2D eigenvalue weighted by Gasteiger charge is 2.45. The van der Waals surface area contributed by atoms with Crippen molar-refractivity contribution in [2.75, 3.05) is 0 Å². The van der Waals surface area contributed by atoms with E-state index in [4.69, 9.17) is 0 Å². The van der Waals surface area contributed by atoms with Crippen LogP contribution in [0.25, 0.3) is 16.6 Å². The number of nitrogens with zero attached hydrogens (tertiary/aromatic N) is 2. The maximum Gasteiger partial charge on any atom is 0.123 e. The number of halogens is 1. The number of aliphatic hydroxyl groups is 1. The van der Waals surface area contributed by atoms with Gasteiger partial charge in [0, 0.05) is 16.7 Å². The lowest BCUT2D eigenvalue weighted by atomic mass is 9.67. The summed E-state index contributed by atoms with van der Waals surface area (Å²) in [6.07, 6.45) is 3.72. The third-order valence-electron chi connectivity index (χ3n) is 6.70. The van der Waals surface area contributed by atoms with Crippen LogP contribution < -0.4 is 0 Å². The highest BCUT2D eigenvalue weighted by atomic mass is 19.1. The number of aromatic nitrogens is 2. The minimum Gasteiger partial charge on any atom is -0.392 e. The van der Waals surface area contributed by atoms with Gasteiger partial charge in [-0.15, -0.1) is 0 Å². The van der Waals surface area contributed by atoms with Gasteiger partial charge < -0.3 is 5.11 Å². The van der Waals surface area contributed by atoms with Crippen molar-refractivity contribution < 1.29 is 9.50 Å². The molecule has 1 fully saturated rings. The molecule has 1 aliphatic carbocycles. The van der Waals surface area contributed by atoms with Gasteiger partial charge in [-0.25, -0.2) is 9.07 Å². The zero-order valence-electron chi connectivity index (χ0n) is 17.9. The average Bonchev–Trinajstić information content (AvgIpc) is 3.54. The topological polar surface area (TPSA) is 38.0 Å². The number of benzene rings is 3. The van der Waals surface area contributed by atoms with E-state index >= 15 is 0 Å². The lowest BCUT2D eigenvalue weighted by molar-refractivity contribution is 0.0210. The third kappa shape index (κ3) is 3.66. The minimum atomic E-state index is -0.352. The van der Waals surface area contributed by atoms with Crippen LogP contribution in [0.1, 0.15) is 43.7 Å². The number of aliphatic hydroxyl groups excluding tert-OH is 1. The van der Waals surface area contributed by atoms with Gasteiger partial charge in [0.15, 0.2) is 0 Å². The molecule has 4 heteroatoms. The minimum absolute atomic E-state index is 0.0582. The molecule has 0 aliphatic heterocycles. The summed E-state index contributed by atoms with van der Waals surface area (Å²) in [4.78, 5) is 0. The largest absolute Gasteiger partial charge is 0.392 e. The summed E-state index contributed by atoms with van der Waals surface area (Å²) in [5.41, 5.74) is 3.86. The van der Waals surface area contributed by atoms with Crippen LogP contribution in [0.3, 0.4) is 0 Å². The third-order valence-corrected chi connectivity index (χ3v) is 6.70. The quantitative estimate of drug-likeness (QED) is 0.414. The molecule has 1 heterocycles. The number of fused-ring (bicyclic) bond motifs is 1. The summed E-state index contributed by atoms with van der Waals surface area (Å²) in [5.74, 6) is 0.193. The summed E-state index contributed by atoms with van der Waals surface area (Å²) in [7, 11) is 0. The monoisotopic (exact) mass is 414 g/mol. The molecule has 3 aromatic carbocycles. The summed E-state index contributed by atoms with van der Waals surface area (Å²) in [6, 6.07) is 23.2. The summed E-state index contributed by atoms with van der Waals surface area (Å²) in [5, 5.41) is 16.7. The Morgan fingerprint density at radius 2 is 1.68 bits per heavy atom. The highest BCUT2D eigenvalue weighted by molar-refractivity contribution is 5.81. The van der Waals surface area contributed by atoms with Crippen LogP contribution in [-0.2, 0) is 0 Å². The first-order valence-corrected chi connectivity index (χ1v) is 10.9. The molecule has 2 atom stereocenters. The maximum atomic E-state index is 13.3. The summed E-state index contributed by atoms with van der Waals surface area (Å²) >= 11 is 0. The average molecular weight is 415 g/mol. The SMILES string of the molecule is CC(C)(C(c1ccccc1)c1ccc2c(cnn2-c2ccc(F)cc2)c1)C(O)C1CC1. The predicted molar refractivity (Wildman–Crippen MR) is 122 cm³/mol.